The van der Waals surface area contributed by atoms with Crippen LogP contribution in [0.5, 0.6) is 5.75 Å². The summed E-state index contributed by atoms with van der Waals surface area (Å²) in [4.78, 5) is 11.6. The molecule has 7 nitrogen and oxygen atoms in total. The molecule has 2 N–H and O–H groups in total. The standard InChI is InChI=1S/C13H19N3O4S/c1-9-13(17)15-11-8-10(4-5-12(11)20-9)6-7-14-21(18,19)16(2)3/h4-5,8-9,14H,6-7H2,1-3H3,(H,15,17). The second-order valence-corrected chi connectivity index (χ2v) is 6.98. The number of ether oxygens (including phenoxy) is 1. The highest BCUT2D eigenvalue weighted by molar-refractivity contribution is 7.87. The van der Waals surface area contributed by atoms with Gasteiger partial charge in [-0.05, 0) is 31.0 Å². The third-order valence-electron chi connectivity index (χ3n) is 3.15. The van der Waals surface area contributed by atoms with Crippen LogP contribution in [-0.2, 0) is 21.4 Å². The quantitative estimate of drug-likeness (QED) is 0.821. The Balaban J connectivity index is 2.00. The molecule has 1 aliphatic heterocycles. The predicted octanol–water partition coefficient (Wildman–Crippen LogP) is 0.344. The predicted molar refractivity (Wildman–Crippen MR) is 79.5 cm³/mol. The highest BCUT2D eigenvalue weighted by atomic mass is 32.2. The third kappa shape index (κ3) is 3.72. The molecule has 0 saturated carbocycles. The van der Waals surface area contributed by atoms with Gasteiger partial charge in [-0.3, -0.25) is 4.79 Å². The molecule has 1 aliphatic rings. The Hall–Kier alpha value is -1.64. The van der Waals surface area contributed by atoms with Crippen molar-refractivity contribution < 1.29 is 17.9 Å². The molecular weight excluding hydrogens is 294 g/mol. The van der Waals surface area contributed by atoms with Crippen molar-refractivity contribution in [1.29, 1.82) is 0 Å². The average Bonchev–Trinajstić information content (AvgIpc) is 2.40. The van der Waals surface area contributed by atoms with E-state index in [-0.39, 0.29) is 12.5 Å². The van der Waals surface area contributed by atoms with Gasteiger partial charge in [0.25, 0.3) is 16.1 Å². The molecule has 1 amide bonds. The van der Waals surface area contributed by atoms with Gasteiger partial charge in [0, 0.05) is 20.6 Å². The third-order valence-corrected chi connectivity index (χ3v) is 4.68. The van der Waals surface area contributed by atoms with Gasteiger partial charge in [0.05, 0.1) is 5.69 Å². The van der Waals surface area contributed by atoms with E-state index < -0.39 is 16.3 Å². The molecule has 1 atom stereocenters. The van der Waals surface area contributed by atoms with E-state index in [4.69, 9.17) is 4.74 Å². The van der Waals surface area contributed by atoms with Crippen molar-refractivity contribution in [3.63, 3.8) is 0 Å². The van der Waals surface area contributed by atoms with E-state index in [2.05, 4.69) is 10.0 Å². The molecule has 0 aliphatic carbocycles. The lowest BCUT2D eigenvalue weighted by molar-refractivity contribution is -0.122. The van der Waals surface area contributed by atoms with Crippen LogP contribution in [0.3, 0.4) is 0 Å². The number of amides is 1. The van der Waals surface area contributed by atoms with Crippen molar-refractivity contribution in [2.45, 2.75) is 19.4 Å². The number of hydrogen-bond acceptors (Lipinski definition) is 4. The molecule has 2 rings (SSSR count). The number of fused-ring (bicyclic) bond motifs is 1. The Morgan fingerprint density at radius 2 is 2.10 bits per heavy atom. The fraction of sp³-hybridized carbons (Fsp3) is 0.462. The second kappa shape index (κ2) is 6.00. The summed E-state index contributed by atoms with van der Waals surface area (Å²) < 4.78 is 32.2. The molecule has 0 bridgehead atoms. The topological polar surface area (TPSA) is 87.7 Å². The molecule has 0 spiro atoms. The molecule has 1 aromatic carbocycles. The van der Waals surface area contributed by atoms with Crippen molar-refractivity contribution in [2.75, 3.05) is 26.0 Å². The molecule has 8 heteroatoms. The van der Waals surface area contributed by atoms with Crippen LogP contribution < -0.4 is 14.8 Å². The minimum atomic E-state index is -3.41. The Morgan fingerprint density at radius 3 is 2.76 bits per heavy atom. The first kappa shape index (κ1) is 15.7. The van der Waals surface area contributed by atoms with E-state index in [1.807, 2.05) is 6.07 Å². The number of carbonyl (C=O) groups is 1. The van der Waals surface area contributed by atoms with E-state index in [1.54, 1.807) is 19.1 Å². The first-order valence-corrected chi connectivity index (χ1v) is 8.01. The Labute approximate surface area is 124 Å². The zero-order valence-corrected chi connectivity index (χ0v) is 13.0. The molecule has 1 aromatic rings. The van der Waals surface area contributed by atoms with Gasteiger partial charge in [-0.15, -0.1) is 0 Å². The second-order valence-electron chi connectivity index (χ2n) is 5.01. The first-order valence-electron chi connectivity index (χ1n) is 6.57. The van der Waals surface area contributed by atoms with Crippen molar-refractivity contribution in [2.24, 2.45) is 0 Å². The summed E-state index contributed by atoms with van der Waals surface area (Å²) in [5.74, 6) is 0.438. The largest absolute Gasteiger partial charge is 0.479 e. The Morgan fingerprint density at radius 1 is 1.38 bits per heavy atom. The molecule has 0 fully saturated rings. The normalized spacial score (nSPS) is 18.1. The van der Waals surface area contributed by atoms with Crippen LogP contribution in [0, 0.1) is 0 Å². The van der Waals surface area contributed by atoms with Crippen molar-refractivity contribution in [3.8, 4) is 5.75 Å². The summed E-state index contributed by atoms with van der Waals surface area (Å²) >= 11 is 0. The average molecular weight is 313 g/mol. The summed E-state index contributed by atoms with van der Waals surface area (Å²) in [7, 11) is -0.478. The van der Waals surface area contributed by atoms with Crippen LogP contribution in [0.2, 0.25) is 0 Å². The number of rotatable bonds is 5. The van der Waals surface area contributed by atoms with E-state index in [0.717, 1.165) is 9.87 Å². The van der Waals surface area contributed by atoms with Gasteiger partial charge in [-0.1, -0.05) is 6.07 Å². The number of nitrogens with zero attached hydrogens (tertiary/aromatic N) is 1. The van der Waals surface area contributed by atoms with Gasteiger partial charge in [-0.25, -0.2) is 4.72 Å². The van der Waals surface area contributed by atoms with Gasteiger partial charge in [0.15, 0.2) is 6.10 Å². The smallest absolute Gasteiger partial charge is 0.278 e. The summed E-state index contributed by atoms with van der Waals surface area (Å²) in [5, 5.41) is 2.76. The SMILES string of the molecule is CC1Oc2ccc(CCNS(=O)(=O)N(C)C)cc2NC1=O. The van der Waals surface area contributed by atoms with Gasteiger partial charge < -0.3 is 10.1 Å². The van der Waals surface area contributed by atoms with Crippen LogP contribution in [0.25, 0.3) is 0 Å². The van der Waals surface area contributed by atoms with Crippen molar-refractivity contribution >= 4 is 21.8 Å². The van der Waals surface area contributed by atoms with Crippen LogP contribution in [0.1, 0.15) is 12.5 Å². The number of nitrogens with one attached hydrogen (secondary N) is 2. The molecule has 21 heavy (non-hydrogen) atoms. The number of benzene rings is 1. The van der Waals surface area contributed by atoms with Gasteiger partial charge in [-0.2, -0.15) is 12.7 Å². The zero-order valence-electron chi connectivity index (χ0n) is 12.2. The summed E-state index contributed by atoms with van der Waals surface area (Å²) in [6, 6.07) is 5.43. The lowest BCUT2D eigenvalue weighted by Crippen LogP contribution is -2.36. The van der Waals surface area contributed by atoms with Crippen molar-refractivity contribution in [1.82, 2.24) is 9.03 Å². The molecule has 0 aromatic heterocycles. The summed E-state index contributed by atoms with van der Waals surface area (Å²) in [6.45, 7) is 1.96. The summed E-state index contributed by atoms with van der Waals surface area (Å²) in [5.41, 5.74) is 1.53. The van der Waals surface area contributed by atoms with E-state index in [1.165, 1.54) is 14.1 Å². The zero-order chi connectivity index (χ0) is 15.6. The van der Waals surface area contributed by atoms with Crippen LogP contribution in [-0.4, -0.2) is 45.4 Å². The lowest BCUT2D eigenvalue weighted by atomic mass is 10.1. The maximum absolute atomic E-state index is 11.6. The lowest BCUT2D eigenvalue weighted by Gasteiger charge is -2.23. The van der Waals surface area contributed by atoms with Gasteiger partial charge in [0.2, 0.25) is 0 Å². The molecular formula is C13H19N3O4S. The fourth-order valence-electron chi connectivity index (χ4n) is 1.86. The minimum absolute atomic E-state index is 0.187. The van der Waals surface area contributed by atoms with Crippen LogP contribution in [0.15, 0.2) is 18.2 Å². The fourth-order valence-corrected chi connectivity index (χ4v) is 2.48. The maximum Gasteiger partial charge on any atom is 0.278 e. The van der Waals surface area contributed by atoms with Crippen molar-refractivity contribution in [3.05, 3.63) is 23.8 Å². The monoisotopic (exact) mass is 313 g/mol. The summed E-state index contributed by atoms with van der Waals surface area (Å²) in [6.07, 6.45) is 0.0152. The van der Waals surface area contributed by atoms with E-state index in [9.17, 15) is 13.2 Å². The maximum atomic E-state index is 11.6. The molecule has 0 radical (unpaired) electrons. The molecule has 1 unspecified atom stereocenters. The highest BCUT2D eigenvalue weighted by Gasteiger charge is 2.23. The Kier molecular flexibility index (Phi) is 4.50. The van der Waals surface area contributed by atoms with Crippen LogP contribution >= 0.6 is 0 Å². The van der Waals surface area contributed by atoms with E-state index in [0.29, 0.717) is 17.9 Å². The number of hydrogen-bond donors (Lipinski definition) is 2. The molecule has 1 heterocycles. The Bertz CT molecular complexity index is 643. The number of carbonyl (C=O) groups excluding carboxylic acids is 1. The molecule has 0 saturated heterocycles. The van der Waals surface area contributed by atoms with E-state index >= 15 is 0 Å². The number of anilines is 1. The molecule has 116 valence electrons. The van der Waals surface area contributed by atoms with Crippen LogP contribution in [0.4, 0.5) is 5.69 Å². The first-order chi connectivity index (χ1) is 9.79. The van der Waals surface area contributed by atoms with Gasteiger partial charge >= 0.3 is 0 Å². The minimum Gasteiger partial charge on any atom is -0.479 e. The van der Waals surface area contributed by atoms with Gasteiger partial charge in [0.1, 0.15) is 5.75 Å². The highest BCUT2D eigenvalue weighted by Crippen LogP contribution is 2.30.